The summed E-state index contributed by atoms with van der Waals surface area (Å²) in [7, 11) is 0. The summed E-state index contributed by atoms with van der Waals surface area (Å²) in [6, 6.07) is 0. The average molecular weight is 583 g/mol. The highest BCUT2D eigenvalue weighted by molar-refractivity contribution is 6.04. The Morgan fingerprint density at radius 2 is 0.857 bits per heavy atom. The zero-order chi connectivity index (χ0) is 30.0. The summed E-state index contributed by atoms with van der Waals surface area (Å²) in [5.41, 5.74) is 2.02. The predicted octanol–water partition coefficient (Wildman–Crippen LogP) is 9.07. The van der Waals surface area contributed by atoms with Gasteiger partial charge in [0.25, 0.3) is 0 Å². The van der Waals surface area contributed by atoms with Crippen molar-refractivity contribution < 1.29 is 0 Å². The van der Waals surface area contributed by atoms with Crippen LogP contribution in [-0.2, 0) is 0 Å². The lowest BCUT2D eigenvalue weighted by molar-refractivity contribution is 0.558. The fourth-order valence-electron chi connectivity index (χ4n) is 4.92. The van der Waals surface area contributed by atoms with E-state index < -0.39 is 0 Å². The minimum Gasteiger partial charge on any atom is -0.389 e. The predicted molar refractivity (Wildman–Crippen MR) is 189 cm³/mol. The van der Waals surface area contributed by atoms with Gasteiger partial charge in [-0.25, -0.2) is 0 Å². The summed E-state index contributed by atoms with van der Waals surface area (Å²) >= 11 is 0. The molecule has 0 unspecified atom stereocenters. The highest BCUT2D eigenvalue weighted by Crippen LogP contribution is 2.11. The van der Waals surface area contributed by atoms with Crippen LogP contribution in [0.1, 0.15) is 142 Å². The maximum Gasteiger partial charge on any atom is 0.0585 e. The van der Waals surface area contributed by atoms with Gasteiger partial charge in [-0.15, -0.1) is 0 Å². The van der Waals surface area contributed by atoms with Crippen molar-refractivity contribution in [3.8, 4) is 0 Å². The van der Waals surface area contributed by atoms with Crippen LogP contribution in [0.5, 0.6) is 0 Å². The molecule has 1 aliphatic heterocycles. The first-order valence-electron chi connectivity index (χ1n) is 17.7. The Morgan fingerprint density at radius 3 is 1.21 bits per heavy atom. The van der Waals surface area contributed by atoms with Crippen LogP contribution < -0.4 is 10.6 Å². The third-order valence-corrected chi connectivity index (χ3v) is 7.55. The standard InChI is InChI=1S/C36H66N6/c1-3-5-7-9-11-13-15-17-19-21-23-37-29-35-31-39-25-27-41-33-36(34-42-28-26-40-32-35)30-38-24-22-20-18-16-14-12-10-8-6-4-2/h29-34,39,41H,3-28H2,1-2H3/b35-31-,36-33-,37-29?,38-30?,40-32?,42-34?. The molecule has 6 nitrogen and oxygen atoms in total. The summed E-state index contributed by atoms with van der Waals surface area (Å²) in [6.07, 6.45) is 38.8. The van der Waals surface area contributed by atoms with Gasteiger partial charge in [0.15, 0.2) is 0 Å². The van der Waals surface area contributed by atoms with Crippen LogP contribution in [0.15, 0.2) is 43.5 Å². The second-order valence-electron chi connectivity index (χ2n) is 11.7. The minimum absolute atomic E-state index is 0.663. The van der Waals surface area contributed by atoms with E-state index in [1.165, 1.54) is 128 Å². The number of rotatable bonds is 24. The SMILES string of the molecule is CCCCCCCCCCCCN=C/C1=C/NCCN/C=C(/C=NCCCCCCCCCCCC)C=NCCN=C1. The molecule has 0 saturated heterocycles. The van der Waals surface area contributed by atoms with Crippen LogP contribution in [0.25, 0.3) is 0 Å². The summed E-state index contributed by atoms with van der Waals surface area (Å²) in [6.45, 7) is 9.31. The van der Waals surface area contributed by atoms with E-state index in [2.05, 4.69) is 44.5 Å². The molecule has 0 spiro atoms. The molecule has 1 heterocycles. The van der Waals surface area contributed by atoms with Crippen LogP contribution in [-0.4, -0.2) is 64.1 Å². The van der Waals surface area contributed by atoms with Gasteiger partial charge in [-0.05, 0) is 12.8 Å². The molecular weight excluding hydrogens is 516 g/mol. The van der Waals surface area contributed by atoms with Crippen molar-refractivity contribution in [2.24, 2.45) is 20.0 Å². The van der Waals surface area contributed by atoms with Gasteiger partial charge in [-0.3, -0.25) is 20.0 Å². The second kappa shape index (κ2) is 31.7. The molecule has 6 heteroatoms. The molecule has 0 aliphatic carbocycles. The van der Waals surface area contributed by atoms with Crippen LogP contribution in [0.4, 0.5) is 0 Å². The molecule has 2 N–H and O–H groups in total. The van der Waals surface area contributed by atoms with Gasteiger partial charge in [0.2, 0.25) is 0 Å². The maximum absolute atomic E-state index is 4.65. The summed E-state index contributed by atoms with van der Waals surface area (Å²) in [4.78, 5) is 18.4. The van der Waals surface area contributed by atoms with Gasteiger partial charge in [0.1, 0.15) is 0 Å². The molecule has 1 aliphatic rings. The zero-order valence-corrected chi connectivity index (χ0v) is 27.6. The van der Waals surface area contributed by atoms with E-state index in [0.29, 0.717) is 13.1 Å². The molecular formula is C36H66N6. The summed E-state index contributed by atoms with van der Waals surface area (Å²) in [5, 5.41) is 6.77. The Hall–Kier alpha value is -2.24. The van der Waals surface area contributed by atoms with Crippen molar-refractivity contribution in [2.75, 3.05) is 39.3 Å². The lowest BCUT2D eigenvalue weighted by atomic mass is 10.1. The Kier molecular flexibility index (Phi) is 28.5. The smallest absolute Gasteiger partial charge is 0.0585 e. The number of nitrogens with zero attached hydrogens (tertiary/aromatic N) is 4. The molecule has 0 radical (unpaired) electrons. The van der Waals surface area contributed by atoms with E-state index in [0.717, 1.165) is 37.3 Å². The van der Waals surface area contributed by atoms with E-state index in [-0.39, 0.29) is 0 Å². The Balaban J connectivity index is 2.22. The number of hydrogen-bond acceptors (Lipinski definition) is 6. The molecule has 0 bridgehead atoms. The molecule has 42 heavy (non-hydrogen) atoms. The van der Waals surface area contributed by atoms with Crippen molar-refractivity contribution in [3.05, 3.63) is 23.5 Å². The van der Waals surface area contributed by atoms with Gasteiger partial charge in [0.05, 0.1) is 13.1 Å². The molecule has 0 aromatic rings. The van der Waals surface area contributed by atoms with Crippen molar-refractivity contribution in [1.82, 2.24) is 10.6 Å². The van der Waals surface area contributed by atoms with Crippen LogP contribution in [0.2, 0.25) is 0 Å². The number of allylic oxidation sites excluding steroid dienone is 2. The summed E-state index contributed by atoms with van der Waals surface area (Å²) < 4.78 is 0. The summed E-state index contributed by atoms with van der Waals surface area (Å²) in [5.74, 6) is 0. The molecule has 0 saturated carbocycles. The van der Waals surface area contributed by atoms with Gasteiger partial charge < -0.3 is 10.6 Å². The van der Waals surface area contributed by atoms with Gasteiger partial charge in [0, 0.05) is 74.6 Å². The average Bonchev–Trinajstić information content (AvgIpc) is 3.00. The lowest BCUT2D eigenvalue weighted by Gasteiger charge is -2.04. The Morgan fingerprint density at radius 1 is 0.524 bits per heavy atom. The van der Waals surface area contributed by atoms with Crippen LogP contribution >= 0.6 is 0 Å². The highest BCUT2D eigenvalue weighted by Gasteiger charge is 1.96. The van der Waals surface area contributed by atoms with Crippen molar-refractivity contribution in [3.63, 3.8) is 0 Å². The second-order valence-corrected chi connectivity index (χ2v) is 11.7. The van der Waals surface area contributed by atoms with E-state index in [1.54, 1.807) is 0 Å². The fourth-order valence-corrected chi connectivity index (χ4v) is 4.92. The third-order valence-electron chi connectivity index (χ3n) is 7.55. The molecule has 0 atom stereocenters. The number of aliphatic imine (C=N–C) groups is 4. The fraction of sp³-hybridized carbons (Fsp3) is 0.778. The van der Waals surface area contributed by atoms with Crippen molar-refractivity contribution in [1.29, 1.82) is 0 Å². The lowest BCUT2D eigenvalue weighted by Crippen LogP contribution is -2.21. The first kappa shape index (κ1) is 37.8. The van der Waals surface area contributed by atoms with Crippen molar-refractivity contribution in [2.45, 2.75) is 142 Å². The first-order valence-corrected chi connectivity index (χ1v) is 17.7. The maximum atomic E-state index is 4.65. The highest BCUT2D eigenvalue weighted by atomic mass is 14.9. The molecule has 240 valence electrons. The van der Waals surface area contributed by atoms with Crippen LogP contribution in [0, 0.1) is 0 Å². The molecule has 0 aromatic heterocycles. The van der Waals surface area contributed by atoms with E-state index in [9.17, 15) is 0 Å². The van der Waals surface area contributed by atoms with Crippen LogP contribution in [0.3, 0.4) is 0 Å². The molecule has 1 rings (SSSR count). The largest absolute Gasteiger partial charge is 0.389 e. The van der Waals surface area contributed by atoms with Gasteiger partial charge in [-0.1, -0.05) is 129 Å². The Bertz CT molecular complexity index is 701. The number of hydrogen-bond donors (Lipinski definition) is 2. The topological polar surface area (TPSA) is 73.5 Å². The van der Waals surface area contributed by atoms with Gasteiger partial charge in [-0.2, -0.15) is 0 Å². The number of unbranched alkanes of at least 4 members (excludes halogenated alkanes) is 18. The minimum atomic E-state index is 0.663. The van der Waals surface area contributed by atoms with E-state index in [1.807, 2.05) is 37.3 Å². The van der Waals surface area contributed by atoms with E-state index >= 15 is 0 Å². The normalized spacial score (nSPS) is 17.5. The Labute approximate surface area is 260 Å². The van der Waals surface area contributed by atoms with Crippen molar-refractivity contribution >= 4 is 24.9 Å². The zero-order valence-electron chi connectivity index (χ0n) is 27.6. The molecule has 0 fully saturated rings. The third kappa shape index (κ3) is 26.6. The molecule has 0 aromatic carbocycles. The quantitative estimate of drug-likeness (QED) is 0.0880. The molecule has 0 amide bonds. The number of nitrogens with one attached hydrogen (secondary N) is 2. The van der Waals surface area contributed by atoms with E-state index in [4.69, 9.17) is 0 Å². The first-order chi connectivity index (χ1) is 20.9. The monoisotopic (exact) mass is 583 g/mol. The van der Waals surface area contributed by atoms with Gasteiger partial charge >= 0.3 is 0 Å².